The summed E-state index contributed by atoms with van der Waals surface area (Å²) in [4.78, 5) is 24.0. The summed E-state index contributed by atoms with van der Waals surface area (Å²) in [5.74, 6) is 2.87. The van der Waals surface area contributed by atoms with Crippen LogP contribution in [0.25, 0.3) is 0 Å². The Labute approximate surface area is 188 Å². The molecule has 0 heterocycles. The van der Waals surface area contributed by atoms with Crippen LogP contribution in [0.15, 0.2) is 41.5 Å². The van der Waals surface area contributed by atoms with E-state index in [-0.39, 0.29) is 6.61 Å². The number of ether oxygens (including phenoxy) is 3. The van der Waals surface area contributed by atoms with Gasteiger partial charge in [0.1, 0.15) is 18.8 Å². The van der Waals surface area contributed by atoms with Gasteiger partial charge in [-0.3, -0.25) is 9.59 Å². The van der Waals surface area contributed by atoms with E-state index in [9.17, 15) is 9.59 Å². The zero-order valence-corrected chi connectivity index (χ0v) is 18.6. The third-order valence-electron chi connectivity index (χ3n) is 3.66. The van der Waals surface area contributed by atoms with Crippen molar-refractivity contribution in [3.63, 3.8) is 0 Å². The zero-order chi connectivity index (χ0) is 21.9. The maximum atomic E-state index is 12.1. The van der Waals surface area contributed by atoms with E-state index in [1.807, 2.05) is 0 Å². The number of carbonyl (C=O) groups excluding carboxylic acids is 2. The van der Waals surface area contributed by atoms with Gasteiger partial charge in [0.25, 0.3) is 0 Å². The summed E-state index contributed by atoms with van der Waals surface area (Å²) >= 11 is 2.09. The van der Waals surface area contributed by atoms with E-state index in [1.54, 1.807) is 36.4 Å². The highest BCUT2D eigenvalue weighted by Crippen LogP contribution is 2.33. The number of anilines is 1. The minimum absolute atomic E-state index is 0.118. The molecule has 0 saturated heterocycles. The summed E-state index contributed by atoms with van der Waals surface area (Å²) < 4.78 is 16.7. The van der Waals surface area contributed by atoms with Crippen molar-refractivity contribution in [1.82, 2.24) is 5.43 Å². The van der Waals surface area contributed by atoms with Gasteiger partial charge in [0.2, 0.25) is 11.8 Å². The molecule has 2 aromatic carbocycles. The summed E-state index contributed by atoms with van der Waals surface area (Å²) in [6.07, 6.45) is 6.26. The van der Waals surface area contributed by atoms with Gasteiger partial charge >= 0.3 is 0 Å². The summed E-state index contributed by atoms with van der Waals surface area (Å²) in [7, 11) is 3.01. The van der Waals surface area contributed by atoms with Gasteiger partial charge in [-0.25, -0.2) is 5.43 Å². The van der Waals surface area contributed by atoms with E-state index >= 15 is 0 Å². The second-order valence-electron chi connectivity index (χ2n) is 5.75. The van der Waals surface area contributed by atoms with E-state index in [4.69, 9.17) is 20.6 Å². The molecule has 30 heavy (non-hydrogen) atoms. The van der Waals surface area contributed by atoms with Crippen LogP contribution in [0.2, 0.25) is 0 Å². The first-order chi connectivity index (χ1) is 14.5. The maximum absolute atomic E-state index is 12.1. The van der Waals surface area contributed by atoms with Gasteiger partial charge in [-0.1, -0.05) is 18.1 Å². The Morgan fingerprint density at radius 3 is 2.60 bits per heavy atom. The standard InChI is InChI=1S/C21H20IN3O5/c1-4-9-30-21-15(22)10-14(11-18(21)29-3)13-23-25-20(27)12-19(26)24-16-7-5-6-8-17(16)28-2/h1,5-8,10-11,13H,9,12H2,2-3H3,(H,24,26)(H,25,27). The highest BCUT2D eigenvalue weighted by molar-refractivity contribution is 14.1. The molecule has 2 aromatic rings. The second kappa shape index (κ2) is 11.7. The molecule has 2 N–H and O–H groups in total. The third-order valence-corrected chi connectivity index (χ3v) is 4.46. The van der Waals surface area contributed by atoms with Crippen molar-refractivity contribution >= 4 is 46.3 Å². The number of carbonyl (C=O) groups is 2. The van der Waals surface area contributed by atoms with Crippen molar-refractivity contribution in [2.75, 3.05) is 26.1 Å². The molecular formula is C21H20IN3O5. The maximum Gasteiger partial charge on any atom is 0.249 e. The summed E-state index contributed by atoms with van der Waals surface area (Å²) in [5.41, 5.74) is 3.47. The van der Waals surface area contributed by atoms with Crippen molar-refractivity contribution < 1.29 is 23.8 Å². The van der Waals surface area contributed by atoms with Gasteiger partial charge < -0.3 is 19.5 Å². The molecule has 156 valence electrons. The molecule has 0 atom stereocenters. The Kier molecular flexibility index (Phi) is 8.96. The summed E-state index contributed by atoms with van der Waals surface area (Å²) in [6, 6.07) is 10.4. The number of para-hydroxylation sites is 2. The molecule has 0 aliphatic rings. The number of nitrogens with zero attached hydrogens (tertiary/aromatic N) is 1. The fourth-order valence-corrected chi connectivity index (χ4v) is 3.16. The van der Waals surface area contributed by atoms with E-state index in [2.05, 4.69) is 44.4 Å². The lowest BCUT2D eigenvalue weighted by Gasteiger charge is -2.11. The van der Waals surface area contributed by atoms with Crippen LogP contribution < -0.4 is 25.0 Å². The average molecular weight is 521 g/mol. The van der Waals surface area contributed by atoms with Crippen LogP contribution >= 0.6 is 22.6 Å². The molecule has 8 nitrogen and oxygen atoms in total. The van der Waals surface area contributed by atoms with Crippen molar-refractivity contribution in [3.05, 3.63) is 45.5 Å². The average Bonchev–Trinajstić information content (AvgIpc) is 2.72. The molecule has 0 fully saturated rings. The predicted octanol–water partition coefficient (Wildman–Crippen LogP) is 2.80. The second-order valence-corrected chi connectivity index (χ2v) is 6.91. The Hall–Kier alpha value is -3.26. The smallest absolute Gasteiger partial charge is 0.249 e. The van der Waals surface area contributed by atoms with Crippen molar-refractivity contribution in [1.29, 1.82) is 0 Å². The Balaban J connectivity index is 1.94. The zero-order valence-electron chi connectivity index (χ0n) is 16.4. The first-order valence-corrected chi connectivity index (χ1v) is 9.75. The van der Waals surface area contributed by atoms with E-state index in [1.165, 1.54) is 20.4 Å². The number of hydrogen-bond donors (Lipinski definition) is 2. The Morgan fingerprint density at radius 1 is 1.17 bits per heavy atom. The molecule has 0 radical (unpaired) electrons. The molecule has 0 bridgehead atoms. The number of terminal acetylenes is 1. The normalized spacial score (nSPS) is 10.2. The highest BCUT2D eigenvalue weighted by atomic mass is 127. The third kappa shape index (κ3) is 6.66. The SMILES string of the molecule is C#CCOc1c(I)cc(C=NNC(=O)CC(=O)Nc2ccccc2OC)cc1OC. The van der Waals surface area contributed by atoms with Gasteiger partial charge in [-0.15, -0.1) is 6.42 Å². The van der Waals surface area contributed by atoms with Gasteiger partial charge in [0, 0.05) is 0 Å². The number of benzene rings is 2. The number of halogens is 1. The monoisotopic (exact) mass is 521 g/mol. The molecule has 0 saturated carbocycles. The molecule has 0 aliphatic carbocycles. The lowest BCUT2D eigenvalue weighted by Crippen LogP contribution is -2.24. The van der Waals surface area contributed by atoms with Crippen LogP contribution in [-0.2, 0) is 9.59 Å². The largest absolute Gasteiger partial charge is 0.495 e. The van der Waals surface area contributed by atoms with Crippen LogP contribution in [0, 0.1) is 15.9 Å². The minimum Gasteiger partial charge on any atom is -0.495 e. The molecule has 0 aliphatic heterocycles. The number of hydrazone groups is 1. The highest BCUT2D eigenvalue weighted by Gasteiger charge is 2.12. The summed E-state index contributed by atoms with van der Waals surface area (Å²) in [6.45, 7) is 0.118. The summed E-state index contributed by atoms with van der Waals surface area (Å²) in [5, 5.41) is 6.51. The predicted molar refractivity (Wildman–Crippen MR) is 122 cm³/mol. The van der Waals surface area contributed by atoms with Crippen molar-refractivity contribution in [2.45, 2.75) is 6.42 Å². The fraction of sp³-hybridized carbons (Fsp3) is 0.190. The molecule has 0 spiro atoms. The molecular weight excluding hydrogens is 501 g/mol. The number of methoxy groups -OCH3 is 2. The molecule has 0 unspecified atom stereocenters. The van der Waals surface area contributed by atoms with Crippen LogP contribution in [0.5, 0.6) is 17.2 Å². The molecule has 9 heteroatoms. The van der Waals surface area contributed by atoms with Crippen LogP contribution in [0.4, 0.5) is 5.69 Å². The lowest BCUT2D eigenvalue weighted by molar-refractivity contribution is -0.126. The number of amides is 2. The first-order valence-electron chi connectivity index (χ1n) is 8.67. The van der Waals surface area contributed by atoms with Crippen LogP contribution in [-0.4, -0.2) is 38.9 Å². The van der Waals surface area contributed by atoms with Gasteiger partial charge in [-0.05, 0) is 52.4 Å². The Bertz CT molecular complexity index is 985. The van der Waals surface area contributed by atoms with E-state index < -0.39 is 18.2 Å². The first kappa shape index (κ1) is 23.0. The van der Waals surface area contributed by atoms with E-state index in [0.29, 0.717) is 28.5 Å². The van der Waals surface area contributed by atoms with Crippen LogP contribution in [0.3, 0.4) is 0 Å². The minimum atomic E-state index is -0.561. The van der Waals surface area contributed by atoms with Crippen LogP contribution in [0.1, 0.15) is 12.0 Å². The van der Waals surface area contributed by atoms with Gasteiger partial charge in [0.15, 0.2) is 11.5 Å². The number of hydrogen-bond acceptors (Lipinski definition) is 6. The molecule has 0 aromatic heterocycles. The van der Waals surface area contributed by atoms with Crippen molar-refractivity contribution in [2.24, 2.45) is 5.10 Å². The fourth-order valence-electron chi connectivity index (χ4n) is 2.37. The number of rotatable bonds is 9. The van der Waals surface area contributed by atoms with Gasteiger partial charge in [0.05, 0.1) is 29.7 Å². The van der Waals surface area contributed by atoms with Gasteiger partial charge in [-0.2, -0.15) is 5.10 Å². The topological polar surface area (TPSA) is 98.2 Å². The Morgan fingerprint density at radius 2 is 1.90 bits per heavy atom. The van der Waals surface area contributed by atoms with Crippen molar-refractivity contribution in [3.8, 4) is 29.6 Å². The quantitative estimate of drug-likeness (QED) is 0.174. The molecule has 2 amide bonds. The number of nitrogens with one attached hydrogen (secondary N) is 2. The van der Waals surface area contributed by atoms with E-state index in [0.717, 1.165) is 3.57 Å². The molecule has 2 rings (SSSR count). The lowest BCUT2D eigenvalue weighted by atomic mass is 10.2.